The third-order valence-corrected chi connectivity index (χ3v) is 6.98. The second-order valence-electron chi connectivity index (χ2n) is 6.44. The van der Waals surface area contributed by atoms with E-state index in [1.807, 2.05) is 30.9 Å². The van der Waals surface area contributed by atoms with Gasteiger partial charge in [0.15, 0.2) is 16.3 Å². The van der Waals surface area contributed by atoms with Gasteiger partial charge in [-0.25, -0.2) is 9.97 Å². The number of rotatable bonds is 7. The predicted octanol–water partition coefficient (Wildman–Crippen LogP) is 4.59. The van der Waals surface area contributed by atoms with Gasteiger partial charge in [0.25, 0.3) is 0 Å². The highest BCUT2D eigenvalue weighted by atomic mass is 32.2. The minimum Gasteiger partial charge on any atom is -0.354 e. The average Bonchev–Trinajstić information content (AvgIpc) is 3.44. The molecule has 0 spiro atoms. The van der Waals surface area contributed by atoms with Crippen molar-refractivity contribution in [3.05, 3.63) is 64.3 Å². The first-order valence-electron chi connectivity index (χ1n) is 8.83. The summed E-state index contributed by atoms with van der Waals surface area (Å²) in [5.41, 5.74) is 2.97. The fraction of sp³-hybridized carbons (Fsp3) is 0.211. The summed E-state index contributed by atoms with van der Waals surface area (Å²) in [5.74, 6) is 0.911. The van der Waals surface area contributed by atoms with Crippen molar-refractivity contribution in [2.75, 3.05) is 13.3 Å². The lowest BCUT2D eigenvalue weighted by Crippen LogP contribution is -2.38. The summed E-state index contributed by atoms with van der Waals surface area (Å²) >= 11 is 4.93. The Bertz CT molecular complexity index is 1050. The van der Waals surface area contributed by atoms with E-state index in [2.05, 4.69) is 62.1 Å². The largest absolute Gasteiger partial charge is 0.354 e. The average molecular weight is 444 g/mol. The van der Waals surface area contributed by atoms with Gasteiger partial charge in [-0.1, -0.05) is 12.2 Å². The Labute approximate surface area is 182 Å². The smallest absolute Gasteiger partial charge is 0.160 e. The van der Waals surface area contributed by atoms with E-state index in [9.17, 15) is 0 Å². The highest BCUT2D eigenvalue weighted by Crippen LogP contribution is 2.39. The summed E-state index contributed by atoms with van der Waals surface area (Å²) in [6.07, 6.45) is 13.5. The van der Waals surface area contributed by atoms with Crippen LogP contribution in [0.1, 0.15) is 18.9 Å². The number of thioether (sulfide) groups is 2. The molecule has 0 bridgehead atoms. The van der Waals surface area contributed by atoms with E-state index >= 15 is 0 Å². The molecular formula is C19H21N7S3. The van der Waals surface area contributed by atoms with E-state index in [0.29, 0.717) is 0 Å². The minimum atomic E-state index is -0.138. The van der Waals surface area contributed by atoms with E-state index < -0.39 is 0 Å². The first kappa shape index (κ1) is 19.9. The molecule has 10 heteroatoms. The maximum Gasteiger partial charge on any atom is 0.160 e. The molecule has 29 heavy (non-hydrogen) atoms. The van der Waals surface area contributed by atoms with E-state index in [0.717, 1.165) is 37.1 Å². The van der Waals surface area contributed by atoms with Crippen molar-refractivity contribution in [2.24, 2.45) is 0 Å². The number of aromatic amines is 1. The van der Waals surface area contributed by atoms with Crippen molar-refractivity contribution in [2.45, 2.75) is 17.4 Å². The van der Waals surface area contributed by atoms with Crippen LogP contribution in [0.2, 0.25) is 0 Å². The minimum absolute atomic E-state index is 0.138. The number of imidazole rings is 1. The number of hydrogen-bond acceptors (Lipinski definition) is 8. The Kier molecular flexibility index (Phi) is 5.84. The third-order valence-electron chi connectivity index (χ3n) is 4.32. The summed E-state index contributed by atoms with van der Waals surface area (Å²) in [6.45, 7) is 6.00. The van der Waals surface area contributed by atoms with Gasteiger partial charge in [-0.3, -0.25) is 9.67 Å². The Morgan fingerprint density at radius 1 is 1.38 bits per heavy atom. The van der Waals surface area contributed by atoms with Crippen molar-refractivity contribution in [3.8, 4) is 11.3 Å². The van der Waals surface area contributed by atoms with Crippen LogP contribution in [0.25, 0.3) is 17.5 Å². The van der Waals surface area contributed by atoms with Gasteiger partial charge in [-0.2, -0.15) is 5.10 Å². The van der Waals surface area contributed by atoms with Crippen LogP contribution in [0.15, 0.2) is 62.8 Å². The monoisotopic (exact) mass is 443 g/mol. The van der Waals surface area contributed by atoms with Gasteiger partial charge in [-0.15, -0.1) is 23.1 Å². The Hall–Kier alpha value is -2.43. The molecule has 0 saturated carbocycles. The molecule has 0 fully saturated rings. The van der Waals surface area contributed by atoms with Crippen LogP contribution in [0.4, 0.5) is 0 Å². The van der Waals surface area contributed by atoms with E-state index in [1.165, 1.54) is 0 Å². The van der Waals surface area contributed by atoms with Gasteiger partial charge < -0.3 is 10.2 Å². The predicted molar refractivity (Wildman–Crippen MR) is 122 cm³/mol. The zero-order chi connectivity index (χ0) is 20.4. The van der Waals surface area contributed by atoms with Crippen molar-refractivity contribution in [1.29, 1.82) is 0 Å². The van der Waals surface area contributed by atoms with Crippen LogP contribution >= 0.6 is 34.9 Å². The fourth-order valence-corrected chi connectivity index (χ4v) is 5.17. The van der Waals surface area contributed by atoms with Gasteiger partial charge >= 0.3 is 0 Å². The number of aromatic nitrogens is 5. The molecule has 3 aromatic rings. The molecule has 0 radical (unpaired) electrons. The summed E-state index contributed by atoms with van der Waals surface area (Å²) in [4.78, 5) is 11.4. The Balaban J connectivity index is 1.77. The van der Waals surface area contributed by atoms with Crippen molar-refractivity contribution < 1.29 is 0 Å². The Morgan fingerprint density at radius 2 is 2.24 bits per heavy atom. The maximum absolute atomic E-state index is 4.73. The SMILES string of the molecule is C=C(C)/C=C(/NC1c2ncc(-c3cn[nH]c3)n2C=C(Sc2nccs2)N1C)SC. The molecule has 3 aromatic heterocycles. The second-order valence-corrected chi connectivity index (χ2v) is 9.45. The highest BCUT2D eigenvalue weighted by molar-refractivity contribution is 8.04. The molecule has 0 saturated heterocycles. The van der Waals surface area contributed by atoms with Crippen LogP contribution in [0, 0.1) is 0 Å². The molecule has 4 heterocycles. The third kappa shape index (κ3) is 4.14. The number of allylic oxidation sites excluding steroid dienone is 2. The summed E-state index contributed by atoms with van der Waals surface area (Å²) in [5, 5.41) is 14.7. The molecule has 1 aliphatic rings. The standard InChI is InChI=1S/C19H21N7S3/c1-12(2)7-15(27-4)24-18-17-21-10-14(13-8-22-23-9-13)26(17)11-16(25(18)3)29-19-20-5-6-28-19/h5-11,18,24H,1H2,2-4H3,(H,22,23)/b15-7-. The molecule has 7 nitrogen and oxygen atoms in total. The molecule has 1 aliphatic heterocycles. The molecule has 0 amide bonds. The van der Waals surface area contributed by atoms with Gasteiger partial charge in [-0.05, 0) is 31.0 Å². The normalized spacial score (nSPS) is 16.5. The van der Waals surface area contributed by atoms with Crippen LogP contribution in [-0.2, 0) is 0 Å². The zero-order valence-corrected chi connectivity index (χ0v) is 18.7. The number of H-pyrrole nitrogens is 1. The fourth-order valence-electron chi connectivity index (χ4n) is 2.95. The van der Waals surface area contributed by atoms with Crippen LogP contribution < -0.4 is 5.32 Å². The van der Waals surface area contributed by atoms with Gasteiger partial charge in [0.05, 0.1) is 28.1 Å². The molecule has 0 aliphatic carbocycles. The van der Waals surface area contributed by atoms with Gasteiger partial charge in [0, 0.05) is 36.6 Å². The lowest BCUT2D eigenvalue weighted by atomic mass is 10.2. The van der Waals surface area contributed by atoms with Crippen LogP contribution in [0.3, 0.4) is 0 Å². The van der Waals surface area contributed by atoms with Crippen molar-refractivity contribution >= 4 is 41.1 Å². The molecule has 0 aromatic carbocycles. The zero-order valence-electron chi connectivity index (χ0n) is 16.3. The topological polar surface area (TPSA) is 74.7 Å². The van der Waals surface area contributed by atoms with Crippen molar-refractivity contribution in [3.63, 3.8) is 0 Å². The number of fused-ring (bicyclic) bond motifs is 1. The van der Waals surface area contributed by atoms with Gasteiger partial charge in [0.1, 0.15) is 0 Å². The summed E-state index contributed by atoms with van der Waals surface area (Å²) < 4.78 is 3.12. The number of nitrogens with one attached hydrogen (secondary N) is 2. The summed E-state index contributed by atoms with van der Waals surface area (Å²) in [6, 6.07) is 0. The van der Waals surface area contributed by atoms with E-state index in [1.54, 1.807) is 41.1 Å². The summed E-state index contributed by atoms with van der Waals surface area (Å²) in [7, 11) is 2.07. The molecule has 4 rings (SSSR count). The Morgan fingerprint density at radius 3 is 2.90 bits per heavy atom. The van der Waals surface area contributed by atoms with Crippen LogP contribution in [0.5, 0.6) is 0 Å². The first-order chi connectivity index (χ1) is 14.1. The first-order valence-corrected chi connectivity index (χ1v) is 11.7. The number of hydrogen-bond donors (Lipinski definition) is 2. The highest BCUT2D eigenvalue weighted by Gasteiger charge is 2.31. The van der Waals surface area contributed by atoms with E-state index in [-0.39, 0.29) is 6.17 Å². The van der Waals surface area contributed by atoms with Gasteiger partial charge in [0.2, 0.25) is 0 Å². The molecule has 1 atom stereocenters. The quantitative estimate of drug-likeness (QED) is 0.517. The number of nitrogens with zero attached hydrogens (tertiary/aromatic N) is 5. The lowest BCUT2D eigenvalue weighted by molar-refractivity contribution is 0.276. The van der Waals surface area contributed by atoms with E-state index in [4.69, 9.17) is 4.98 Å². The molecule has 2 N–H and O–H groups in total. The van der Waals surface area contributed by atoms with Crippen molar-refractivity contribution in [1.82, 2.24) is 34.9 Å². The lowest BCUT2D eigenvalue weighted by Gasteiger charge is -2.36. The number of thiazole rings is 1. The molecule has 150 valence electrons. The van der Waals surface area contributed by atoms with Crippen LogP contribution in [-0.4, -0.2) is 42.9 Å². The maximum atomic E-state index is 4.73. The second kappa shape index (κ2) is 8.52. The molecule has 1 unspecified atom stereocenters. The molecular weight excluding hydrogens is 422 g/mol.